The van der Waals surface area contributed by atoms with Crippen LogP contribution in [0.1, 0.15) is 40.7 Å². The molecule has 0 spiro atoms. The molecule has 1 saturated carbocycles. The molecule has 0 aliphatic heterocycles. The van der Waals surface area contributed by atoms with Gasteiger partial charge < -0.3 is 5.73 Å². The summed E-state index contributed by atoms with van der Waals surface area (Å²) in [6.07, 6.45) is -3.81. The third kappa shape index (κ3) is 2.12. The van der Waals surface area contributed by atoms with Gasteiger partial charge in [-0.25, -0.2) is 4.98 Å². The third-order valence-corrected chi connectivity index (χ3v) is 3.30. The van der Waals surface area contributed by atoms with Gasteiger partial charge in [0.25, 0.3) is 5.56 Å². The highest BCUT2D eigenvalue weighted by Crippen LogP contribution is 2.24. The highest BCUT2D eigenvalue weighted by atomic mass is 16.2. The monoisotopic (exact) mass is 292 g/mol. The molecule has 1 heterocycles. The minimum Gasteiger partial charge on any atom is -0.398 e. The SMILES string of the molecule is [2H]c1c([2H])c(N)c2c(=O)n(C3CC([2H])([2H])C(=O)CC3=O)c(C([2H])[2H])nc2c1[2H]. The molecule has 0 saturated heterocycles. The summed E-state index contributed by atoms with van der Waals surface area (Å²) in [7, 11) is 0. The lowest BCUT2D eigenvalue weighted by atomic mass is 9.92. The van der Waals surface area contributed by atoms with Crippen molar-refractivity contribution in [2.45, 2.75) is 32.1 Å². The molecule has 6 nitrogen and oxygen atoms in total. The average molecular weight is 292 g/mol. The van der Waals surface area contributed by atoms with E-state index in [9.17, 15) is 14.4 Å². The number of hydrogen-bond donors (Lipinski definition) is 1. The second-order valence-corrected chi connectivity index (χ2v) is 4.62. The number of nitrogens with two attached hydrogens (primary N) is 1. The van der Waals surface area contributed by atoms with E-state index in [0.717, 1.165) is 0 Å². The Morgan fingerprint density at radius 2 is 2.29 bits per heavy atom. The van der Waals surface area contributed by atoms with Crippen LogP contribution < -0.4 is 11.3 Å². The van der Waals surface area contributed by atoms with Gasteiger partial charge in [-0.3, -0.25) is 19.0 Å². The Bertz CT molecular complexity index is 1100. The predicted octanol–water partition coefficient (Wildman–Crippen LogP) is 1.15. The van der Waals surface area contributed by atoms with Crippen LogP contribution in [-0.2, 0) is 9.59 Å². The first-order valence-corrected chi connectivity index (χ1v) is 6.10. The Labute approximate surface area is 130 Å². The van der Waals surface area contributed by atoms with Crippen molar-refractivity contribution in [2.75, 3.05) is 5.73 Å². The molecule has 108 valence electrons. The van der Waals surface area contributed by atoms with Gasteiger partial charge in [-0.1, -0.05) is 6.04 Å². The molecule has 1 atom stereocenters. The molecule has 2 N–H and O–H groups in total. The average Bonchev–Trinajstić information content (AvgIpc) is 2.60. The van der Waals surface area contributed by atoms with Crippen LogP contribution in [-0.4, -0.2) is 21.1 Å². The van der Waals surface area contributed by atoms with E-state index in [4.69, 9.17) is 15.3 Å². The summed E-state index contributed by atoms with van der Waals surface area (Å²) < 4.78 is 55.0. The van der Waals surface area contributed by atoms with Crippen molar-refractivity contribution in [3.8, 4) is 0 Å². The molecule has 3 rings (SSSR count). The van der Waals surface area contributed by atoms with Crippen LogP contribution in [0.25, 0.3) is 10.9 Å². The number of fused-ring (bicyclic) bond motifs is 1. The summed E-state index contributed by atoms with van der Waals surface area (Å²) in [5, 5.41) is -0.416. The summed E-state index contributed by atoms with van der Waals surface area (Å²) in [6, 6.07) is -3.23. The Balaban J connectivity index is 2.42. The lowest BCUT2D eigenvalue weighted by molar-refractivity contribution is -0.132. The summed E-state index contributed by atoms with van der Waals surface area (Å²) >= 11 is 0. The largest absolute Gasteiger partial charge is 0.398 e. The van der Waals surface area contributed by atoms with Gasteiger partial charge in [-0.15, -0.1) is 0 Å². The van der Waals surface area contributed by atoms with E-state index in [1.807, 2.05) is 0 Å². The second kappa shape index (κ2) is 4.80. The zero-order valence-electron chi connectivity index (χ0n) is 17.8. The third-order valence-electron chi connectivity index (χ3n) is 3.30. The van der Waals surface area contributed by atoms with E-state index in [-0.39, 0.29) is 5.52 Å². The molecule has 21 heavy (non-hydrogen) atoms. The number of carbonyl (C=O) groups is 2. The van der Waals surface area contributed by atoms with Crippen molar-refractivity contribution in [1.82, 2.24) is 9.55 Å². The zero-order valence-corrected chi connectivity index (χ0v) is 10.8. The zero-order chi connectivity index (χ0) is 21.1. The Kier molecular flexibility index (Phi) is 1.71. The minimum atomic E-state index is -2.39. The molecule has 1 aromatic heterocycles. The van der Waals surface area contributed by atoms with Crippen molar-refractivity contribution in [1.29, 1.82) is 0 Å². The maximum absolute atomic E-state index is 13.1. The number of anilines is 1. The summed E-state index contributed by atoms with van der Waals surface area (Å²) in [6.45, 7) is -1.88. The second-order valence-electron chi connectivity index (χ2n) is 4.62. The van der Waals surface area contributed by atoms with Gasteiger partial charge in [-0.05, 0) is 25.4 Å². The molecule has 0 amide bonds. The van der Waals surface area contributed by atoms with Crippen LogP contribution in [0, 0.1) is 6.88 Å². The molecule has 1 aromatic carbocycles. The Morgan fingerprint density at radius 3 is 3.05 bits per heavy atom. The van der Waals surface area contributed by atoms with Gasteiger partial charge >= 0.3 is 0 Å². The lowest BCUT2D eigenvalue weighted by Gasteiger charge is -2.24. The van der Waals surface area contributed by atoms with Crippen LogP contribution in [0.2, 0.25) is 0 Å². The van der Waals surface area contributed by atoms with Crippen molar-refractivity contribution in [3.63, 3.8) is 0 Å². The van der Waals surface area contributed by atoms with Crippen molar-refractivity contribution < 1.29 is 19.2 Å². The number of nitrogen functional groups attached to an aromatic ring is 1. The van der Waals surface area contributed by atoms with Crippen LogP contribution in [0.15, 0.2) is 22.9 Å². The highest BCUT2D eigenvalue weighted by Gasteiger charge is 2.30. The Hall–Kier alpha value is -2.50. The first kappa shape index (κ1) is 7.49. The number of aryl methyl sites for hydroxylation is 1. The summed E-state index contributed by atoms with van der Waals surface area (Å²) in [5.41, 5.74) is 3.94. The van der Waals surface area contributed by atoms with E-state index < -0.39 is 84.3 Å². The topological polar surface area (TPSA) is 95.0 Å². The van der Waals surface area contributed by atoms with Gasteiger partial charge in [-0.2, -0.15) is 0 Å². The maximum atomic E-state index is 13.1. The van der Waals surface area contributed by atoms with Crippen LogP contribution in [0.5, 0.6) is 0 Å². The smallest absolute Gasteiger partial charge is 0.264 e. The van der Waals surface area contributed by atoms with E-state index in [2.05, 4.69) is 4.98 Å². The first-order valence-electron chi connectivity index (χ1n) is 9.75. The van der Waals surface area contributed by atoms with Crippen LogP contribution in [0.4, 0.5) is 5.69 Å². The van der Waals surface area contributed by atoms with Crippen LogP contribution in [0.3, 0.4) is 0 Å². The number of rotatable bonds is 1. The Morgan fingerprint density at radius 1 is 1.48 bits per heavy atom. The highest BCUT2D eigenvalue weighted by molar-refractivity contribution is 6.03. The van der Waals surface area contributed by atoms with Gasteiger partial charge in [0.2, 0.25) is 0 Å². The first-order chi connectivity index (χ1) is 12.9. The molecule has 1 fully saturated rings. The van der Waals surface area contributed by atoms with E-state index in [0.29, 0.717) is 4.57 Å². The molecule has 1 aliphatic rings. The predicted molar refractivity (Wildman–Crippen MR) is 78.1 cm³/mol. The van der Waals surface area contributed by atoms with Crippen molar-refractivity contribution >= 4 is 28.2 Å². The molecule has 0 bridgehead atoms. The molecule has 1 aliphatic carbocycles. The molecular formula is C15H15N3O3. The standard InChI is InChI=1S/C15H15N3O3/c1-8-17-11-4-2-3-10(16)14(11)15(21)18(8)12-6-5-9(19)7-13(12)20/h2-4,12H,5-7,16H2,1H3/i1D2,2D,3D,4D,5D2. The number of benzene rings is 1. The number of aromatic nitrogens is 2. The number of carbonyl (C=O) groups excluding carboxylic acids is 2. The van der Waals surface area contributed by atoms with Gasteiger partial charge in [0, 0.05) is 17.5 Å². The quantitative estimate of drug-likeness (QED) is 0.628. The minimum absolute atomic E-state index is 0.374. The maximum Gasteiger partial charge on any atom is 0.264 e. The molecule has 2 aromatic rings. The molecular weight excluding hydrogens is 270 g/mol. The van der Waals surface area contributed by atoms with E-state index in [1.54, 1.807) is 0 Å². The summed E-state index contributed by atoms with van der Waals surface area (Å²) in [5.74, 6) is -2.23. The number of nitrogens with zero attached hydrogens (tertiary/aromatic N) is 2. The van der Waals surface area contributed by atoms with Gasteiger partial charge in [0.1, 0.15) is 11.6 Å². The fourth-order valence-electron chi connectivity index (χ4n) is 2.30. The van der Waals surface area contributed by atoms with Gasteiger partial charge in [0.15, 0.2) is 5.78 Å². The molecule has 0 radical (unpaired) electrons. The van der Waals surface area contributed by atoms with Crippen molar-refractivity contribution in [2.24, 2.45) is 0 Å². The number of hydrogen-bond acceptors (Lipinski definition) is 5. The van der Waals surface area contributed by atoms with E-state index in [1.165, 1.54) is 0 Å². The molecule has 1 unspecified atom stereocenters. The van der Waals surface area contributed by atoms with Crippen LogP contribution >= 0.6 is 0 Å². The lowest BCUT2D eigenvalue weighted by Crippen LogP contribution is -2.36. The van der Waals surface area contributed by atoms with E-state index >= 15 is 0 Å². The van der Waals surface area contributed by atoms with Crippen molar-refractivity contribution in [3.05, 3.63) is 34.3 Å². The fraction of sp³-hybridized carbons (Fsp3) is 0.333. The molecule has 6 heteroatoms. The number of ketones is 2. The normalized spacial score (nSPS) is 26.5. The summed E-state index contributed by atoms with van der Waals surface area (Å²) in [4.78, 5) is 41.2. The number of Topliss-reactive ketones (excluding diaryl/α,β-unsaturated/α-hetero) is 2. The van der Waals surface area contributed by atoms with Gasteiger partial charge in [0.05, 0.1) is 27.5 Å². The fourth-order valence-corrected chi connectivity index (χ4v) is 2.30.